The molecule has 0 atom stereocenters. The molecule has 0 saturated carbocycles. The number of hydrogen-bond donors (Lipinski definition) is 2. The van der Waals surface area contributed by atoms with Crippen molar-refractivity contribution in [2.45, 2.75) is 26.9 Å². The van der Waals surface area contributed by atoms with Gasteiger partial charge in [0.05, 0.1) is 13.1 Å². The van der Waals surface area contributed by atoms with Crippen LogP contribution in [0.4, 0.5) is 23.3 Å². The summed E-state index contributed by atoms with van der Waals surface area (Å²) in [7, 11) is 0. The first-order valence-corrected chi connectivity index (χ1v) is 19.3. The second-order valence-electron chi connectivity index (χ2n) is 12.6. The van der Waals surface area contributed by atoms with Crippen LogP contribution in [0, 0.1) is 13.8 Å². The first kappa shape index (κ1) is 34.1. The Bertz CT molecular complexity index is 2510. The van der Waals surface area contributed by atoms with Crippen molar-refractivity contribution in [3.63, 3.8) is 0 Å². The summed E-state index contributed by atoms with van der Waals surface area (Å²) < 4.78 is 2.55. The van der Waals surface area contributed by atoms with E-state index in [1.54, 1.807) is 11.3 Å². The molecule has 0 unspecified atom stereocenters. The van der Waals surface area contributed by atoms with Crippen LogP contribution in [0.15, 0.2) is 94.9 Å². The largest absolute Gasteiger partial charge is 0.324 e. The van der Waals surface area contributed by atoms with Crippen molar-refractivity contribution >= 4 is 102 Å². The molecule has 8 aromatic rings. The number of halogens is 2. The van der Waals surface area contributed by atoms with Crippen molar-refractivity contribution in [3.05, 3.63) is 129 Å². The molecule has 0 fully saturated rings. The summed E-state index contributed by atoms with van der Waals surface area (Å²) in [5.41, 5.74) is 8.89. The van der Waals surface area contributed by atoms with E-state index in [1.165, 1.54) is 46.6 Å². The molecule has 2 aliphatic rings. The van der Waals surface area contributed by atoms with Crippen molar-refractivity contribution in [1.82, 2.24) is 29.9 Å². The van der Waals surface area contributed by atoms with Gasteiger partial charge in [-0.25, -0.2) is 4.98 Å². The second kappa shape index (κ2) is 14.3. The average molecular weight is 784 g/mol. The normalized spacial score (nSPS) is 12.5. The van der Waals surface area contributed by atoms with Crippen LogP contribution in [-0.4, -0.2) is 42.3 Å². The van der Waals surface area contributed by atoms with Crippen LogP contribution in [0.2, 0.25) is 10.6 Å². The zero-order chi connectivity index (χ0) is 36.8. The van der Waals surface area contributed by atoms with Crippen molar-refractivity contribution in [2.75, 3.05) is 10.6 Å². The quantitative estimate of drug-likeness (QED) is 0.171. The maximum atomic E-state index is 5.88. The minimum atomic E-state index is 0.0463. The van der Waals surface area contributed by atoms with Gasteiger partial charge in [0, 0.05) is 54.1 Å². The van der Waals surface area contributed by atoms with Gasteiger partial charge in [-0.1, -0.05) is 36.4 Å². The average Bonchev–Trinajstić information content (AvgIpc) is 3.96. The van der Waals surface area contributed by atoms with Gasteiger partial charge in [-0.3, -0.25) is 9.98 Å². The summed E-state index contributed by atoms with van der Waals surface area (Å²) in [6.07, 6.45) is 3.84. The van der Waals surface area contributed by atoms with E-state index in [1.807, 2.05) is 43.7 Å². The van der Waals surface area contributed by atoms with Crippen LogP contribution in [0.1, 0.15) is 33.9 Å². The Hall–Kier alpha value is -5.66. The van der Waals surface area contributed by atoms with Crippen LogP contribution >= 0.6 is 45.9 Å². The monoisotopic (exact) mass is 782 g/mol. The number of nitrogens with zero attached hydrogens (tertiary/aromatic N) is 8. The molecule has 2 N–H and O–H groups in total. The standard InChI is InChI=1S/C21H17N5S.C19H11Cl2N5S/c1-12-23-13(2)25-21(24-12)26-16-7-15-10-22-11-18(15)17(9-16)20-8-14-5-3-4-6-19(14)27-20;20-17-24-18(21)26-19(25-17)23-12-5-11-8-22-9-14(11)13(7-12)16-6-10-3-1-2-4-15(10)27-16/h3-10H,11H2,1-2H3,(H,23,24,25,26);1-8H,9H2,(H,23,24,25,26). The number of aromatic nitrogens is 6. The highest BCUT2D eigenvalue weighted by Crippen LogP contribution is 2.41. The highest BCUT2D eigenvalue weighted by atomic mass is 35.5. The van der Waals surface area contributed by atoms with Gasteiger partial charge < -0.3 is 10.6 Å². The first-order valence-electron chi connectivity index (χ1n) is 16.9. The smallest absolute Gasteiger partial charge is 0.232 e. The lowest BCUT2D eigenvalue weighted by Gasteiger charge is -2.11. The van der Waals surface area contributed by atoms with E-state index >= 15 is 0 Å². The highest BCUT2D eigenvalue weighted by Gasteiger charge is 2.19. The van der Waals surface area contributed by atoms with E-state index in [4.69, 9.17) is 23.2 Å². The SMILES string of the molecule is Cc1nc(C)nc(Nc2cc3c(c(-c4cc5ccccc5s4)c2)CN=C3)n1.Clc1nc(Cl)nc(Nc2cc3c(c(-c4cc5ccccc5s4)c2)CN=C3)n1. The lowest BCUT2D eigenvalue weighted by atomic mass is 10.0. The number of rotatable bonds is 6. The minimum absolute atomic E-state index is 0.0463. The van der Waals surface area contributed by atoms with Gasteiger partial charge in [0.2, 0.25) is 22.5 Å². The Morgan fingerprint density at radius 2 is 1.00 bits per heavy atom. The Morgan fingerprint density at radius 3 is 1.48 bits per heavy atom. The number of thiophene rings is 2. The van der Waals surface area contributed by atoms with Crippen LogP contribution in [0.25, 0.3) is 41.1 Å². The van der Waals surface area contributed by atoms with E-state index < -0.39 is 0 Å². The fourth-order valence-electron chi connectivity index (χ4n) is 6.57. The van der Waals surface area contributed by atoms with Crippen LogP contribution < -0.4 is 10.6 Å². The van der Waals surface area contributed by atoms with Gasteiger partial charge in [-0.05, 0) is 119 Å². The van der Waals surface area contributed by atoms with Crippen molar-refractivity contribution in [1.29, 1.82) is 0 Å². The molecule has 10 rings (SSSR count). The van der Waals surface area contributed by atoms with Gasteiger partial charge >= 0.3 is 0 Å². The van der Waals surface area contributed by atoms with Crippen LogP contribution in [0.3, 0.4) is 0 Å². The van der Waals surface area contributed by atoms with Crippen LogP contribution in [-0.2, 0) is 13.1 Å². The Kier molecular flexibility index (Phi) is 9.03. The first-order chi connectivity index (χ1) is 26.3. The van der Waals surface area contributed by atoms with E-state index in [0.717, 1.165) is 34.6 Å². The van der Waals surface area contributed by atoms with E-state index in [2.05, 4.69) is 129 Å². The van der Waals surface area contributed by atoms with Gasteiger partial charge in [-0.2, -0.15) is 24.9 Å². The molecule has 264 valence electrons. The molecule has 54 heavy (non-hydrogen) atoms. The highest BCUT2D eigenvalue weighted by molar-refractivity contribution is 7.22. The van der Waals surface area contributed by atoms with E-state index in [0.29, 0.717) is 30.1 Å². The predicted octanol–water partition coefficient (Wildman–Crippen LogP) is 10.8. The zero-order valence-corrected chi connectivity index (χ0v) is 31.9. The van der Waals surface area contributed by atoms with Gasteiger partial charge in [0.1, 0.15) is 11.6 Å². The third-order valence-corrected chi connectivity index (χ3v) is 11.5. The molecule has 0 radical (unpaired) electrons. The molecular weight excluding hydrogens is 756 g/mol. The summed E-state index contributed by atoms with van der Waals surface area (Å²) in [4.78, 5) is 36.3. The molecule has 10 nitrogen and oxygen atoms in total. The maximum Gasteiger partial charge on any atom is 0.232 e. The third-order valence-electron chi connectivity index (χ3n) is 8.86. The molecule has 4 aromatic heterocycles. The Labute approximate surface area is 327 Å². The molecule has 0 amide bonds. The van der Waals surface area contributed by atoms with E-state index in [9.17, 15) is 0 Å². The van der Waals surface area contributed by atoms with Crippen molar-refractivity contribution in [3.8, 4) is 20.9 Å². The molecule has 0 bridgehead atoms. The number of nitrogens with one attached hydrogen (secondary N) is 2. The second-order valence-corrected chi connectivity index (χ2v) is 15.5. The maximum absolute atomic E-state index is 5.88. The van der Waals surface area contributed by atoms with Crippen LogP contribution in [0.5, 0.6) is 0 Å². The number of fused-ring (bicyclic) bond motifs is 4. The summed E-state index contributed by atoms with van der Waals surface area (Å²) >= 11 is 15.3. The molecule has 6 heterocycles. The molecule has 14 heteroatoms. The number of hydrogen-bond acceptors (Lipinski definition) is 12. The number of anilines is 4. The molecular formula is C40H28Cl2N10S2. The van der Waals surface area contributed by atoms with Gasteiger partial charge in [0.15, 0.2) is 0 Å². The lowest BCUT2D eigenvalue weighted by Crippen LogP contribution is -2.03. The summed E-state index contributed by atoms with van der Waals surface area (Å²) in [5.74, 6) is 2.28. The number of aliphatic imine (C=N–C) groups is 2. The Morgan fingerprint density at radius 1 is 0.537 bits per heavy atom. The lowest BCUT2D eigenvalue weighted by molar-refractivity contribution is 0.928. The number of benzene rings is 4. The van der Waals surface area contributed by atoms with Gasteiger partial charge in [0.25, 0.3) is 0 Å². The minimum Gasteiger partial charge on any atom is -0.324 e. The summed E-state index contributed by atoms with van der Waals surface area (Å²) in [5, 5.41) is 9.11. The molecule has 0 spiro atoms. The summed E-state index contributed by atoms with van der Waals surface area (Å²) in [6.45, 7) is 5.15. The molecule has 0 aliphatic carbocycles. The van der Waals surface area contributed by atoms with Crippen molar-refractivity contribution < 1.29 is 0 Å². The van der Waals surface area contributed by atoms with Crippen molar-refractivity contribution in [2.24, 2.45) is 9.98 Å². The third kappa shape index (κ3) is 7.04. The number of aryl methyl sites for hydroxylation is 2. The fraction of sp³-hybridized carbons (Fsp3) is 0.100. The Balaban J connectivity index is 0.000000142. The van der Waals surface area contributed by atoms with E-state index in [-0.39, 0.29) is 10.6 Å². The fourth-order valence-corrected chi connectivity index (χ4v) is 9.14. The predicted molar refractivity (Wildman–Crippen MR) is 223 cm³/mol. The zero-order valence-electron chi connectivity index (χ0n) is 28.8. The molecule has 0 saturated heterocycles. The van der Waals surface area contributed by atoms with Gasteiger partial charge in [-0.15, -0.1) is 22.7 Å². The molecule has 4 aromatic carbocycles. The molecule has 2 aliphatic heterocycles. The topological polar surface area (TPSA) is 126 Å². The summed E-state index contributed by atoms with van der Waals surface area (Å²) in [6, 6.07) is 29.7.